The summed E-state index contributed by atoms with van der Waals surface area (Å²) >= 11 is 0. The Hall–Kier alpha value is -4.06. The molecule has 0 spiro atoms. The van der Waals surface area contributed by atoms with Gasteiger partial charge in [-0.3, -0.25) is 9.69 Å². The van der Waals surface area contributed by atoms with Crippen LogP contribution in [-0.4, -0.2) is 56.9 Å². The molecule has 1 aliphatic carbocycles. The van der Waals surface area contributed by atoms with Crippen LogP contribution in [0, 0.1) is 17.2 Å². The summed E-state index contributed by atoms with van der Waals surface area (Å²) in [5.74, 6) is -0.264. The standard InChI is InChI=1S/C32H38N4O5/c1-31(2,3)40-29(38)35-22-13-12-20(17-22)27(35)28(37)34-21(18-33)15-19-11-14-26-24(16-19)23-9-7-8-10-25(23)36(26)30(39)41-32(4,5)6/h7-11,14,16,20-22,27H,12-13,15,17H2,1-6H3,(H,34,37)/t20-,21?,22+,27-/m0/s1. The maximum absolute atomic E-state index is 13.5. The van der Waals surface area contributed by atoms with Crippen LogP contribution in [-0.2, 0) is 20.7 Å². The molecule has 1 saturated carbocycles. The fourth-order valence-electron chi connectivity index (χ4n) is 6.18. The monoisotopic (exact) mass is 558 g/mol. The molecular weight excluding hydrogens is 520 g/mol. The Labute approximate surface area is 240 Å². The topological polar surface area (TPSA) is 114 Å². The first-order chi connectivity index (χ1) is 19.3. The number of nitrogens with one attached hydrogen (secondary N) is 1. The highest BCUT2D eigenvalue weighted by molar-refractivity contribution is 6.12. The Morgan fingerprint density at radius 3 is 2.29 bits per heavy atom. The second kappa shape index (κ2) is 10.4. The van der Waals surface area contributed by atoms with Crippen LogP contribution in [0.15, 0.2) is 42.5 Å². The van der Waals surface area contributed by atoms with Crippen molar-refractivity contribution in [2.24, 2.45) is 5.92 Å². The minimum absolute atomic E-state index is 0.0177. The second-order valence-corrected chi connectivity index (χ2v) is 13.1. The number of fused-ring (bicyclic) bond motifs is 5. The zero-order chi connectivity index (χ0) is 29.7. The summed E-state index contributed by atoms with van der Waals surface area (Å²) < 4.78 is 12.9. The van der Waals surface area contributed by atoms with Gasteiger partial charge in [-0.2, -0.15) is 5.26 Å². The lowest BCUT2D eigenvalue weighted by Crippen LogP contribution is -2.55. The van der Waals surface area contributed by atoms with Gasteiger partial charge in [-0.1, -0.05) is 24.3 Å². The highest BCUT2D eigenvalue weighted by atomic mass is 16.6. The molecule has 5 rings (SSSR count). The van der Waals surface area contributed by atoms with Crippen LogP contribution >= 0.6 is 0 Å². The molecule has 2 fully saturated rings. The number of hydrogen-bond acceptors (Lipinski definition) is 6. The minimum atomic E-state index is -0.793. The van der Waals surface area contributed by atoms with Crippen molar-refractivity contribution in [1.29, 1.82) is 5.26 Å². The summed E-state index contributed by atoms with van der Waals surface area (Å²) in [6.45, 7) is 10.9. The molecule has 3 aromatic rings. The molecule has 9 nitrogen and oxygen atoms in total. The third-order valence-electron chi connectivity index (χ3n) is 7.68. The summed E-state index contributed by atoms with van der Waals surface area (Å²) in [7, 11) is 0. The molecule has 0 radical (unpaired) electrons. The van der Waals surface area contributed by atoms with Crippen LogP contribution < -0.4 is 5.32 Å². The first-order valence-electron chi connectivity index (χ1n) is 14.2. The average Bonchev–Trinajstić information content (AvgIpc) is 3.58. The van der Waals surface area contributed by atoms with E-state index in [1.165, 1.54) is 0 Å². The van der Waals surface area contributed by atoms with Gasteiger partial charge in [-0.05, 0) is 90.5 Å². The quantitative estimate of drug-likeness (QED) is 0.425. The van der Waals surface area contributed by atoms with Crippen molar-refractivity contribution in [3.05, 3.63) is 48.0 Å². The predicted octanol–water partition coefficient (Wildman–Crippen LogP) is 5.92. The lowest BCUT2D eigenvalue weighted by molar-refractivity contribution is -0.128. The number of benzene rings is 2. The van der Waals surface area contributed by atoms with Crippen LogP contribution in [0.5, 0.6) is 0 Å². The zero-order valence-electron chi connectivity index (χ0n) is 24.6. The first-order valence-corrected chi connectivity index (χ1v) is 14.2. The molecule has 2 aromatic carbocycles. The van der Waals surface area contributed by atoms with E-state index >= 15 is 0 Å². The van der Waals surface area contributed by atoms with E-state index in [0.29, 0.717) is 5.52 Å². The normalized spacial score (nSPS) is 21.1. The molecule has 41 heavy (non-hydrogen) atoms. The fourth-order valence-corrected chi connectivity index (χ4v) is 6.18. The number of carbonyl (C=O) groups is 3. The van der Waals surface area contributed by atoms with Crippen molar-refractivity contribution in [1.82, 2.24) is 14.8 Å². The minimum Gasteiger partial charge on any atom is -0.444 e. The van der Waals surface area contributed by atoms with E-state index in [-0.39, 0.29) is 24.3 Å². The summed E-state index contributed by atoms with van der Waals surface area (Å²) in [6, 6.07) is 14.1. The van der Waals surface area contributed by atoms with E-state index in [9.17, 15) is 19.6 Å². The predicted molar refractivity (Wildman–Crippen MR) is 155 cm³/mol. The van der Waals surface area contributed by atoms with Gasteiger partial charge in [0.1, 0.15) is 23.3 Å². The Bertz CT molecular complexity index is 1550. The Morgan fingerprint density at radius 1 is 0.951 bits per heavy atom. The maximum Gasteiger partial charge on any atom is 0.419 e. The molecule has 1 aromatic heterocycles. The Kier molecular flexibility index (Phi) is 7.22. The van der Waals surface area contributed by atoms with Crippen LogP contribution in [0.1, 0.15) is 66.4 Å². The molecule has 4 atom stereocenters. The van der Waals surface area contributed by atoms with E-state index in [1.807, 2.05) is 84.0 Å². The molecule has 2 amide bonds. The van der Waals surface area contributed by atoms with Gasteiger partial charge in [0.05, 0.1) is 17.1 Å². The number of ether oxygens (including phenoxy) is 2. The van der Waals surface area contributed by atoms with Crippen molar-refractivity contribution in [2.45, 2.75) is 96.6 Å². The number of para-hydroxylation sites is 1. The third-order valence-corrected chi connectivity index (χ3v) is 7.68. The van der Waals surface area contributed by atoms with Crippen molar-refractivity contribution < 1.29 is 23.9 Å². The average molecular weight is 559 g/mol. The van der Waals surface area contributed by atoms with Crippen LogP contribution in [0.3, 0.4) is 0 Å². The van der Waals surface area contributed by atoms with E-state index in [1.54, 1.807) is 9.47 Å². The van der Waals surface area contributed by atoms with E-state index in [2.05, 4.69) is 11.4 Å². The molecule has 216 valence electrons. The lowest BCUT2D eigenvalue weighted by atomic mass is 9.97. The van der Waals surface area contributed by atoms with Crippen molar-refractivity contribution in [3.63, 3.8) is 0 Å². The number of likely N-dealkylation sites (tertiary alicyclic amines) is 1. The van der Waals surface area contributed by atoms with Gasteiger partial charge >= 0.3 is 12.2 Å². The maximum atomic E-state index is 13.5. The fraction of sp³-hybridized carbons (Fsp3) is 0.500. The zero-order valence-corrected chi connectivity index (χ0v) is 24.6. The van der Waals surface area contributed by atoms with Gasteiger partial charge in [0, 0.05) is 23.2 Å². The van der Waals surface area contributed by atoms with Crippen molar-refractivity contribution >= 4 is 39.9 Å². The number of rotatable bonds is 4. The van der Waals surface area contributed by atoms with Crippen LogP contribution in [0.4, 0.5) is 9.59 Å². The van der Waals surface area contributed by atoms with Gasteiger partial charge in [-0.25, -0.2) is 14.2 Å². The molecular formula is C32H38N4O5. The van der Waals surface area contributed by atoms with Gasteiger partial charge in [0.2, 0.25) is 5.91 Å². The summed E-state index contributed by atoms with van der Waals surface area (Å²) in [5.41, 5.74) is 0.966. The second-order valence-electron chi connectivity index (χ2n) is 13.1. The van der Waals surface area contributed by atoms with Crippen molar-refractivity contribution in [3.8, 4) is 6.07 Å². The third kappa shape index (κ3) is 5.74. The molecule has 2 aliphatic rings. The highest BCUT2D eigenvalue weighted by Gasteiger charge is 2.52. The van der Waals surface area contributed by atoms with Crippen LogP contribution in [0.2, 0.25) is 0 Å². The van der Waals surface area contributed by atoms with E-state index in [0.717, 1.165) is 41.1 Å². The number of amides is 2. The number of hydrogen-bond donors (Lipinski definition) is 1. The number of nitriles is 1. The summed E-state index contributed by atoms with van der Waals surface area (Å²) in [5, 5.41) is 14.6. The summed E-state index contributed by atoms with van der Waals surface area (Å²) in [4.78, 5) is 41.2. The van der Waals surface area contributed by atoms with E-state index < -0.39 is 35.5 Å². The Balaban J connectivity index is 1.38. The Morgan fingerprint density at radius 2 is 1.61 bits per heavy atom. The number of carbonyl (C=O) groups excluding carboxylic acids is 3. The van der Waals surface area contributed by atoms with E-state index in [4.69, 9.17) is 9.47 Å². The van der Waals surface area contributed by atoms with Gasteiger partial charge < -0.3 is 14.8 Å². The largest absolute Gasteiger partial charge is 0.444 e. The highest BCUT2D eigenvalue weighted by Crippen LogP contribution is 2.43. The van der Waals surface area contributed by atoms with Gasteiger partial charge in [0.15, 0.2) is 0 Å². The number of nitrogens with zero attached hydrogens (tertiary/aromatic N) is 3. The van der Waals surface area contributed by atoms with Gasteiger partial charge in [-0.15, -0.1) is 0 Å². The number of piperidine rings is 1. The molecule has 1 N–H and O–H groups in total. The van der Waals surface area contributed by atoms with Crippen LogP contribution in [0.25, 0.3) is 21.8 Å². The molecule has 2 heterocycles. The smallest absolute Gasteiger partial charge is 0.419 e. The molecule has 1 aliphatic heterocycles. The van der Waals surface area contributed by atoms with Crippen molar-refractivity contribution in [2.75, 3.05) is 0 Å². The summed E-state index contributed by atoms with van der Waals surface area (Å²) in [6.07, 6.45) is 1.83. The number of aromatic nitrogens is 1. The first kappa shape index (κ1) is 28.5. The molecule has 9 heteroatoms. The van der Waals surface area contributed by atoms with Gasteiger partial charge in [0.25, 0.3) is 0 Å². The molecule has 1 unspecified atom stereocenters. The molecule has 2 bridgehead atoms. The SMILES string of the molecule is CC(C)(C)OC(=O)N1[C@@H]2CC[C@@H](C2)[C@H]1C(=O)NC(C#N)Cc1ccc2c(c1)c1ccccc1n2C(=O)OC(C)(C)C. The molecule has 1 saturated heterocycles. The lowest BCUT2D eigenvalue weighted by Gasteiger charge is -2.35.